The van der Waals surface area contributed by atoms with Gasteiger partial charge in [-0.2, -0.15) is 5.10 Å². The molecule has 0 spiro atoms. The summed E-state index contributed by atoms with van der Waals surface area (Å²) in [5.41, 5.74) is 4.28. The number of nitrogens with zero attached hydrogens (tertiary/aromatic N) is 3. The van der Waals surface area contributed by atoms with Gasteiger partial charge in [0.15, 0.2) is 0 Å². The van der Waals surface area contributed by atoms with Crippen LogP contribution in [0.25, 0.3) is 0 Å². The monoisotopic (exact) mass is 499 g/mol. The van der Waals surface area contributed by atoms with Crippen LogP contribution >= 0.6 is 34.8 Å². The summed E-state index contributed by atoms with van der Waals surface area (Å²) in [6.07, 6.45) is 0.465. The fourth-order valence-corrected chi connectivity index (χ4v) is 4.20. The van der Waals surface area contributed by atoms with E-state index in [9.17, 15) is 9.59 Å². The summed E-state index contributed by atoms with van der Waals surface area (Å²) in [5, 5.41) is 5.99. The predicted molar refractivity (Wildman–Crippen MR) is 132 cm³/mol. The molecule has 0 saturated heterocycles. The molecule has 0 bridgehead atoms. The number of hydrogen-bond donors (Lipinski definition) is 0. The van der Waals surface area contributed by atoms with Gasteiger partial charge in [-0.3, -0.25) is 9.59 Å². The minimum Gasteiger partial charge on any atom is -0.344 e. The van der Waals surface area contributed by atoms with Crippen LogP contribution in [0.1, 0.15) is 38.6 Å². The van der Waals surface area contributed by atoms with Gasteiger partial charge >= 0.3 is 0 Å². The van der Waals surface area contributed by atoms with Crippen molar-refractivity contribution < 1.29 is 4.79 Å². The van der Waals surface area contributed by atoms with E-state index < -0.39 is 0 Å². The number of carbonyl (C=O) groups is 1. The van der Waals surface area contributed by atoms with E-state index in [2.05, 4.69) is 5.10 Å². The van der Waals surface area contributed by atoms with E-state index >= 15 is 0 Å². The lowest BCUT2D eigenvalue weighted by Gasteiger charge is -2.10. The van der Waals surface area contributed by atoms with E-state index in [0.29, 0.717) is 38.4 Å². The van der Waals surface area contributed by atoms with Gasteiger partial charge in [-0.25, -0.2) is 4.68 Å². The zero-order valence-corrected chi connectivity index (χ0v) is 20.2. The Morgan fingerprint density at radius 2 is 1.67 bits per heavy atom. The fourth-order valence-electron chi connectivity index (χ4n) is 3.76. The molecule has 0 aliphatic heterocycles. The smallest absolute Gasteiger partial charge is 0.267 e. The molecule has 2 aromatic carbocycles. The Balaban J connectivity index is 1.60. The van der Waals surface area contributed by atoms with E-state index in [-0.39, 0.29) is 17.9 Å². The predicted octanol–water partition coefficient (Wildman–Crippen LogP) is 5.72. The Morgan fingerprint density at radius 1 is 0.939 bits per heavy atom. The molecule has 0 fully saturated rings. The van der Waals surface area contributed by atoms with Crippen molar-refractivity contribution in [1.82, 2.24) is 14.3 Å². The molecule has 4 rings (SSSR count). The van der Waals surface area contributed by atoms with Gasteiger partial charge in [0.1, 0.15) is 0 Å². The minimum atomic E-state index is -0.216. The van der Waals surface area contributed by atoms with Crippen LogP contribution in [-0.4, -0.2) is 20.1 Å². The number of aromatic nitrogens is 3. The quantitative estimate of drug-likeness (QED) is 0.318. The first-order valence-corrected chi connectivity index (χ1v) is 11.3. The lowest BCUT2D eigenvalue weighted by atomic mass is 10.1. The second-order valence-electron chi connectivity index (χ2n) is 7.81. The third-order valence-corrected chi connectivity index (χ3v) is 6.44. The second kappa shape index (κ2) is 9.56. The third-order valence-electron chi connectivity index (χ3n) is 5.44. The van der Waals surface area contributed by atoms with Gasteiger partial charge in [0, 0.05) is 35.8 Å². The van der Waals surface area contributed by atoms with Gasteiger partial charge in [0.05, 0.1) is 28.0 Å². The highest BCUT2D eigenvalue weighted by molar-refractivity contribution is 6.42. The van der Waals surface area contributed by atoms with Gasteiger partial charge in [0.2, 0.25) is 5.78 Å². The molecule has 168 valence electrons. The largest absolute Gasteiger partial charge is 0.344 e. The second-order valence-corrected chi connectivity index (χ2v) is 9.06. The normalized spacial score (nSPS) is 11.1. The lowest BCUT2D eigenvalue weighted by molar-refractivity contribution is 0.103. The van der Waals surface area contributed by atoms with Gasteiger partial charge < -0.3 is 4.57 Å². The lowest BCUT2D eigenvalue weighted by Crippen LogP contribution is -2.24. The number of ketones is 1. The third kappa shape index (κ3) is 5.06. The van der Waals surface area contributed by atoms with Crippen molar-refractivity contribution in [2.75, 3.05) is 0 Å². The molecule has 0 atom stereocenters. The summed E-state index contributed by atoms with van der Waals surface area (Å²) in [4.78, 5) is 25.4. The van der Waals surface area contributed by atoms with Crippen LogP contribution in [0, 0.1) is 6.92 Å². The van der Waals surface area contributed by atoms with Crippen molar-refractivity contribution in [2.24, 2.45) is 7.05 Å². The summed E-state index contributed by atoms with van der Waals surface area (Å²) in [6.45, 7) is 2.18. The molecule has 0 aliphatic rings. The maximum atomic E-state index is 13.1. The van der Waals surface area contributed by atoms with E-state index in [1.165, 1.54) is 10.7 Å². The van der Waals surface area contributed by atoms with Crippen molar-refractivity contribution >= 4 is 40.6 Å². The zero-order valence-electron chi connectivity index (χ0n) is 18.0. The van der Waals surface area contributed by atoms with Crippen LogP contribution in [0.4, 0.5) is 0 Å². The molecule has 0 saturated carbocycles. The molecule has 0 N–H and O–H groups in total. The maximum absolute atomic E-state index is 13.1. The van der Waals surface area contributed by atoms with Crippen molar-refractivity contribution in [2.45, 2.75) is 19.9 Å². The van der Waals surface area contributed by atoms with E-state index in [0.717, 1.165) is 16.8 Å². The molecule has 5 nitrogen and oxygen atoms in total. The fraction of sp³-hybridized carbons (Fsp3) is 0.160. The molecule has 2 aromatic heterocycles. The minimum absolute atomic E-state index is 0.0736. The molecular formula is C25H20Cl3N3O2. The molecule has 33 heavy (non-hydrogen) atoms. The number of halogens is 3. The Bertz CT molecular complexity index is 1410. The molecule has 0 aliphatic carbocycles. The summed E-state index contributed by atoms with van der Waals surface area (Å²) >= 11 is 18.0. The highest BCUT2D eigenvalue weighted by Crippen LogP contribution is 2.23. The Hall–Kier alpha value is -2.86. The van der Waals surface area contributed by atoms with Crippen LogP contribution in [0.3, 0.4) is 0 Å². The first kappa shape index (κ1) is 23.3. The van der Waals surface area contributed by atoms with Crippen LogP contribution < -0.4 is 5.56 Å². The molecule has 0 radical (unpaired) electrons. The van der Waals surface area contributed by atoms with Crippen LogP contribution in [0.15, 0.2) is 65.5 Å². The Labute approximate surface area is 206 Å². The Kier molecular flexibility index (Phi) is 6.75. The SMILES string of the molecule is Cc1cc(Cc2ccc(=O)n(Cc3ccc(Cl)c(Cl)c3)n2)n(C)c1C(=O)c1ccc(Cl)cc1. The van der Waals surface area contributed by atoms with Gasteiger partial charge in [-0.1, -0.05) is 40.9 Å². The molecule has 0 unspecified atom stereocenters. The summed E-state index contributed by atoms with van der Waals surface area (Å²) in [5.74, 6) is -0.0736. The first-order chi connectivity index (χ1) is 15.7. The number of benzene rings is 2. The van der Waals surface area contributed by atoms with E-state index in [4.69, 9.17) is 34.8 Å². The van der Waals surface area contributed by atoms with Crippen molar-refractivity contribution in [3.63, 3.8) is 0 Å². The molecule has 0 amide bonds. The Morgan fingerprint density at radius 3 is 2.36 bits per heavy atom. The van der Waals surface area contributed by atoms with Gasteiger partial charge in [0.25, 0.3) is 5.56 Å². The summed E-state index contributed by atoms with van der Waals surface area (Å²) in [7, 11) is 1.86. The van der Waals surface area contributed by atoms with Gasteiger partial charge in [-0.05, 0) is 66.6 Å². The van der Waals surface area contributed by atoms with E-state index in [1.807, 2.05) is 30.7 Å². The topological polar surface area (TPSA) is 56.9 Å². The van der Waals surface area contributed by atoms with Crippen molar-refractivity contribution in [3.05, 3.63) is 120 Å². The molecule has 2 heterocycles. The molecule has 4 aromatic rings. The number of aryl methyl sites for hydroxylation is 1. The number of carbonyl (C=O) groups excluding carboxylic acids is 1. The van der Waals surface area contributed by atoms with Crippen LogP contribution in [-0.2, 0) is 20.0 Å². The summed E-state index contributed by atoms with van der Waals surface area (Å²) < 4.78 is 3.27. The maximum Gasteiger partial charge on any atom is 0.267 e. The average molecular weight is 501 g/mol. The van der Waals surface area contributed by atoms with Crippen LogP contribution in [0.5, 0.6) is 0 Å². The summed E-state index contributed by atoms with van der Waals surface area (Å²) in [6, 6.07) is 17.2. The van der Waals surface area contributed by atoms with E-state index in [1.54, 1.807) is 42.5 Å². The first-order valence-electron chi connectivity index (χ1n) is 10.2. The van der Waals surface area contributed by atoms with Crippen LogP contribution in [0.2, 0.25) is 15.1 Å². The average Bonchev–Trinajstić information content (AvgIpc) is 3.06. The van der Waals surface area contributed by atoms with Crippen molar-refractivity contribution in [1.29, 1.82) is 0 Å². The number of rotatable bonds is 6. The standard InChI is InChI=1S/C25H20Cl3N3O2/c1-15-11-20(30(2)24(15)25(33)17-4-6-18(26)7-5-17)13-19-8-10-23(32)31(29-19)14-16-3-9-21(27)22(28)12-16/h3-12H,13-14H2,1-2H3. The molecule has 8 heteroatoms. The highest BCUT2D eigenvalue weighted by Gasteiger charge is 2.19. The van der Waals surface area contributed by atoms with Gasteiger partial charge in [-0.15, -0.1) is 0 Å². The molecular weight excluding hydrogens is 481 g/mol. The highest BCUT2D eigenvalue weighted by atomic mass is 35.5. The zero-order chi connectivity index (χ0) is 23.7. The van der Waals surface area contributed by atoms with Crippen molar-refractivity contribution in [3.8, 4) is 0 Å². The number of hydrogen-bond acceptors (Lipinski definition) is 3.